The van der Waals surface area contributed by atoms with Gasteiger partial charge in [0.25, 0.3) is 11.6 Å². The smallest absolute Gasteiger partial charge is 0.288 e. The number of hydrogen-bond donors (Lipinski definition) is 1. The van der Waals surface area contributed by atoms with Crippen molar-refractivity contribution in [3.8, 4) is 0 Å². The van der Waals surface area contributed by atoms with Crippen LogP contribution in [0, 0.1) is 10.1 Å². The molecule has 0 saturated heterocycles. The number of aliphatic hydroxyl groups is 1. The van der Waals surface area contributed by atoms with Crippen molar-refractivity contribution in [1.29, 1.82) is 0 Å². The van der Waals surface area contributed by atoms with Gasteiger partial charge >= 0.3 is 0 Å². The molecule has 0 aromatic heterocycles. The second-order valence-electron chi connectivity index (χ2n) is 5.44. The monoisotopic (exact) mass is 326 g/mol. The van der Waals surface area contributed by atoms with Crippen LogP contribution in [0.1, 0.15) is 48.0 Å². The van der Waals surface area contributed by atoms with E-state index < -0.39 is 4.92 Å². The van der Waals surface area contributed by atoms with E-state index in [0.29, 0.717) is 12.1 Å². The summed E-state index contributed by atoms with van der Waals surface area (Å²) in [4.78, 5) is 24.7. The van der Waals surface area contributed by atoms with Crippen molar-refractivity contribution in [2.24, 2.45) is 0 Å². The van der Waals surface area contributed by atoms with E-state index in [0.717, 1.165) is 38.4 Å². The molecule has 1 aromatic carbocycles. The molecule has 22 heavy (non-hydrogen) atoms. The maximum absolute atomic E-state index is 12.4. The summed E-state index contributed by atoms with van der Waals surface area (Å²) in [5, 5.41) is 17.9. The van der Waals surface area contributed by atoms with Gasteiger partial charge in [-0.3, -0.25) is 14.9 Å². The number of nitro benzene ring substituents is 1. The third-order valence-electron chi connectivity index (χ3n) is 4.22. The highest BCUT2D eigenvalue weighted by Gasteiger charge is 2.35. The number of carbonyl (C=O) groups excluding carboxylic acids is 1. The fourth-order valence-electron chi connectivity index (χ4n) is 3.17. The number of amides is 1. The molecule has 1 N–H and O–H groups in total. The molecule has 2 aliphatic rings. The summed E-state index contributed by atoms with van der Waals surface area (Å²) in [6, 6.07) is 3.15. The number of rotatable bonds is 2. The number of halogens is 1. The molecule has 1 saturated carbocycles. The minimum Gasteiger partial charge on any atom is -0.400 e. The highest BCUT2D eigenvalue weighted by molar-refractivity contribution is 6.33. The molecule has 1 aromatic rings. The maximum atomic E-state index is 12.4. The summed E-state index contributed by atoms with van der Waals surface area (Å²) in [5.41, 5.74) is 1.12. The molecule has 0 bridgehead atoms. The Bertz CT molecular complexity index is 585. The number of aliphatic hydroxyl groups excluding tert-OH is 1. The highest BCUT2D eigenvalue weighted by atomic mass is 35.5. The quantitative estimate of drug-likeness (QED) is 0.668. The molecule has 3 rings (SSSR count). The largest absolute Gasteiger partial charge is 0.400 e. The number of carbonyl (C=O) groups is 1. The van der Waals surface area contributed by atoms with Crippen LogP contribution in [0.5, 0.6) is 0 Å². The second-order valence-corrected chi connectivity index (χ2v) is 5.85. The average molecular weight is 327 g/mol. The number of nitrogens with zero attached hydrogens (tertiary/aromatic N) is 2. The van der Waals surface area contributed by atoms with E-state index in [4.69, 9.17) is 16.7 Å². The summed E-state index contributed by atoms with van der Waals surface area (Å²) in [7, 11) is 1.00. The van der Waals surface area contributed by atoms with Gasteiger partial charge in [-0.05, 0) is 24.5 Å². The van der Waals surface area contributed by atoms with Crippen LogP contribution in [0.15, 0.2) is 12.1 Å². The molecule has 0 unspecified atom stereocenters. The molecule has 1 aliphatic carbocycles. The van der Waals surface area contributed by atoms with E-state index in [-0.39, 0.29) is 22.7 Å². The van der Waals surface area contributed by atoms with Gasteiger partial charge in [0.05, 0.1) is 4.92 Å². The minimum absolute atomic E-state index is 0.0348. The zero-order valence-electron chi connectivity index (χ0n) is 12.4. The summed E-state index contributed by atoms with van der Waals surface area (Å²) in [5.74, 6) is -0.0382. The lowest BCUT2D eigenvalue weighted by Crippen LogP contribution is -2.36. The Hall–Kier alpha value is -1.66. The van der Waals surface area contributed by atoms with E-state index >= 15 is 0 Å². The van der Waals surface area contributed by atoms with E-state index in [1.165, 1.54) is 18.6 Å². The van der Waals surface area contributed by atoms with E-state index in [9.17, 15) is 14.9 Å². The lowest BCUT2D eigenvalue weighted by atomic mass is 9.94. The molecule has 1 amide bonds. The van der Waals surface area contributed by atoms with Gasteiger partial charge in [-0.25, -0.2) is 0 Å². The Morgan fingerprint density at radius 1 is 1.27 bits per heavy atom. The lowest BCUT2D eigenvalue weighted by molar-refractivity contribution is -0.384. The second kappa shape index (κ2) is 7.07. The van der Waals surface area contributed by atoms with Gasteiger partial charge in [-0.1, -0.05) is 30.9 Å². The van der Waals surface area contributed by atoms with Crippen molar-refractivity contribution < 1.29 is 14.8 Å². The molecule has 6 nitrogen and oxygen atoms in total. The topological polar surface area (TPSA) is 83.7 Å². The SMILES string of the molecule is CO.O=C1c2cc(Cl)c([N+](=O)[O-])cc2CN1C1CCCCC1. The van der Waals surface area contributed by atoms with Crippen LogP contribution in [-0.4, -0.2) is 34.0 Å². The summed E-state index contributed by atoms with van der Waals surface area (Å²) in [6.07, 6.45) is 5.56. The first-order chi connectivity index (χ1) is 10.6. The standard InChI is InChI=1S/C14H15ClN2O3.CH4O/c15-12-7-11-9(6-13(12)17(19)20)8-16(14(11)18)10-4-2-1-3-5-10;1-2/h6-7,10H,1-5,8H2;2H,1H3. The van der Waals surface area contributed by atoms with Crippen molar-refractivity contribution in [2.45, 2.75) is 44.7 Å². The van der Waals surface area contributed by atoms with Crippen LogP contribution >= 0.6 is 11.6 Å². The molecule has 7 heteroatoms. The van der Waals surface area contributed by atoms with Crippen LogP contribution in [0.3, 0.4) is 0 Å². The fraction of sp³-hybridized carbons (Fsp3) is 0.533. The van der Waals surface area contributed by atoms with Gasteiger partial charge in [0.1, 0.15) is 5.02 Å². The van der Waals surface area contributed by atoms with Crippen molar-refractivity contribution in [3.63, 3.8) is 0 Å². The molecule has 0 spiro atoms. The number of fused-ring (bicyclic) bond motifs is 1. The Kier molecular flexibility index (Phi) is 5.37. The van der Waals surface area contributed by atoms with Crippen molar-refractivity contribution in [3.05, 3.63) is 38.4 Å². The average Bonchev–Trinajstić information content (AvgIpc) is 2.86. The van der Waals surface area contributed by atoms with Crippen LogP contribution in [0.25, 0.3) is 0 Å². The summed E-state index contributed by atoms with van der Waals surface area (Å²) >= 11 is 5.89. The molecule has 120 valence electrons. The first-order valence-electron chi connectivity index (χ1n) is 7.30. The number of benzene rings is 1. The molecule has 1 aliphatic heterocycles. The van der Waals surface area contributed by atoms with Crippen LogP contribution in [0.4, 0.5) is 5.69 Å². The predicted molar refractivity (Wildman–Crippen MR) is 83.0 cm³/mol. The van der Waals surface area contributed by atoms with Gasteiger partial charge in [-0.2, -0.15) is 0 Å². The Morgan fingerprint density at radius 3 is 2.50 bits per heavy atom. The van der Waals surface area contributed by atoms with Crippen LogP contribution in [0.2, 0.25) is 5.02 Å². The van der Waals surface area contributed by atoms with Crippen molar-refractivity contribution in [1.82, 2.24) is 4.90 Å². The normalized spacial score (nSPS) is 17.8. The molecule has 0 atom stereocenters. The third kappa shape index (κ3) is 3.08. The third-order valence-corrected chi connectivity index (χ3v) is 4.52. The van der Waals surface area contributed by atoms with Gasteiger partial charge in [0.15, 0.2) is 0 Å². The Labute approximate surface area is 133 Å². The molecular weight excluding hydrogens is 308 g/mol. The first kappa shape index (κ1) is 16.7. The zero-order valence-corrected chi connectivity index (χ0v) is 13.2. The van der Waals surface area contributed by atoms with Gasteiger partial charge in [-0.15, -0.1) is 0 Å². The van der Waals surface area contributed by atoms with Gasteiger partial charge in [0.2, 0.25) is 0 Å². The molecular formula is C15H19ClN2O4. The maximum Gasteiger partial charge on any atom is 0.288 e. The molecule has 1 heterocycles. The van der Waals surface area contributed by atoms with Crippen molar-refractivity contribution >= 4 is 23.2 Å². The van der Waals surface area contributed by atoms with Gasteiger partial charge in [0, 0.05) is 31.3 Å². The van der Waals surface area contributed by atoms with E-state index in [1.807, 2.05) is 4.90 Å². The zero-order chi connectivity index (χ0) is 16.3. The predicted octanol–water partition coefficient (Wildman–Crippen LogP) is 3.15. The van der Waals surface area contributed by atoms with Crippen LogP contribution in [-0.2, 0) is 6.54 Å². The van der Waals surface area contributed by atoms with E-state index in [2.05, 4.69) is 0 Å². The first-order valence-corrected chi connectivity index (χ1v) is 7.68. The molecule has 0 radical (unpaired) electrons. The fourth-order valence-corrected chi connectivity index (χ4v) is 3.41. The van der Waals surface area contributed by atoms with Crippen LogP contribution < -0.4 is 0 Å². The number of nitro groups is 1. The summed E-state index contributed by atoms with van der Waals surface area (Å²) in [6.45, 7) is 0.469. The molecule has 1 fully saturated rings. The highest BCUT2D eigenvalue weighted by Crippen LogP contribution is 2.35. The minimum atomic E-state index is -0.504. The number of hydrogen-bond acceptors (Lipinski definition) is 4. The Morgan fingerprint density at radius 2 is 1.91 bits per heavy atom. The van der Waals surface area contributed by atoms with Crippen molar-refractivity contribution in [2.75, 3.05) is 7.11 Å². The van der Waals surface area contributed by atoms with E-state index in [1.54, 1.807) is 0 Å². The summed E-state index contributed by atoms with van der Waals surface area (Å²) < 4.78 is 0. The van der Waals surface area contributed by atoms with Gasteiger partial charge < -0.3 is 10.0 Å². The Balaban J connectivity index is 0.000000847. The lowest BCUT2D eigenvalue weighted by Gasteiger charge is -2.30.